The number of halogens is 1. The van der Waals surface area contributed by atoms with E-state index in [1.54, 1.807) is 0 Å². The number of hydrazine groups is 1. The Morgan fingerprint density at radius 3 is 1.79 bits per heavy atom. The van der Waals surface area contributed by atoms with Gasteiger partial charge in [-0.2, -0.15) is 0 Å². The van der Waals surface area contributed by atoms with Crippen molar-refractivity contribution in [3.05, 3.63) is 166 Å². The molecule has 0 saturated carbocycles. The number of hydrogen-bond donors (Lipinski definition) is 2. The lowest BCUT2D eigenvalue weighted by Gasteiger charge is -2.24. The van der Waals surface area contributed by atoms with E-state index in [-0.39, 0.29) is 5.92 Å². The summed E-state index contributed by atoms with van der Waals surface area (Å²) in [6, 6.07) is 38.6. The molecule has 0 bridgehead atoms. The van der Waals surface area contributed by atoms with E-state index in [0.717, 1.165) is 42.0 Å². The van der Waals surface area contributed by atoms with Gasteiger partial charge in [-0.3, -0.25) is 5.84 Å². The van der Waals surface area contributed by atoms with Crippen LogP contribution in [0.5, 0.6) is 0 Å². The summed E-state index contributed by atoms with van der Waals surface area (Å²) in [6.45, 7) is 0. The van der Waals surface area contributed by atoms with Crippen LogP contribution in [-0.2, 0) is 0 Å². The second-order valence-electron chi connectivity index (χ2n) is 11.2. The maximum absolute atomic E-state index is 6.17. The summed E-state index contributed by atoms with van der Waals surface area (Å²) in [7, 11) is 0. The maximum atomic E-state index is 6.17. The van der Waals surface area contributed by atoms with E-state index in [9.17, 15) is 0 Å². The Morgan fingerprint density at radius 2 is 1.21 bits per heavy atom. The van der Waals surface area contributed by atoms with Crippen molar-refractivity contribution in [2.75, 3.05) is 0 Å². The first-order valence-electron chi connectivity index (χ1n) is 15.0. The molecule has 1 atom stereocenters. The minimum absolute atomic E-state index is 0.141. The number of rotatable bonds is 8. The monoisotopic (exact) mass is 568 g/mol. The molecule has 2 aliphatic rings. The zero-order chi connectivity index (χ0) is 28.7. The molecule has 1 unspecified atom stereocenters. The molecule has 0 aromatic heterocycles. The molecule has 3 heteroatoms. The lowest BCUT2D eigenvalue weighted by atomic mass is 9.81. The van der Waals surface area contributed by atoms with Crippen molar-refractivity contribution >= 4 is 34.0 Å². The smallest absolute Gasteiger partial charge is 0.0526 e. The van der Waals surface area contributed by atoms with Gasteiger partial charge in [0.05, 0.1) is 5.70 Å². The topological polar surface area (TPSA) is 38.0 Å². The highest BCUT2D eigenvalue weighted by Crippen LogP contribution is 2.40. The molecule has 2 aliphatic carbocycles. The Balaban J connectivity index is 1.28. The second kappa shape index (κ2) is 13.2. The van der Waals surface area contributed by atoms with Crippen LogP contribution in [0.2, 0.25) is 5.02 Å². The van der Waals surface area contributed by atoms with Crippen molar-refractivity contribution in [1.82, 2.24) is 5.43 Å². The molecule has 6 rings (SSSR count). The first-order chi connectivity index (χ1) is 20.7. The highest BCUT2D eigenvalue weighted by molar-refractivity contribution is 6.30. The average Bonchev–Trinajstić information content (AvgIpc) is 3.07. The Morgan fingerprint density at radius 1 is 0.643 bits per heavy atom. The van der Waals surface area contributed by atoms with Crippen molar-refractivity contribution in [3.63, 3.8) is 0 Å². The molecular weight excluding hydrogens is 532 g/mol. The average molecular weight is 569 g/mol. The van der Waals surface area contributed by atoms with Crippen molar-refractivity contribution < 1.29 is 0 Å². The minimum Gasteiger partial charge on any atom is -0.324 e. The zero-order valence-corrected chi connectivity index (χ0v) is 24.7. The summed E-state index contributed by atoms with van der Waals surface area (Å²) in [5.74, 6) is 6.16. The van der Waals surface area contributed by atoms with E-state index in [0.29, 0.717) is 0 Å². The summed E-state index contributed by atoms with van der Waals surface area (Å²) in [4.78, 5) is 0. The van der Waals surface area contributed by atoms with Crippen LogP contribution in [0.3, 0.4) is 0 Å². The van der Waals surface area contributed by atoms with Crippen molar-refractivity contribution in [1.29, 1.82) is 0 Å². The van der Waals surface area contributed by atoms with E-state index < -0.39 is 0 Å². The molecule has 0 heterocycles. The van der Waals surface area contributed by atoms with Crippen molar-refractivity contribution in [2.24, 2.45) is 5.84 Å². The largest absolute Gasteiger partial charge is 0.324 e. The van der Waals surface area contributed by atoms with E-state index in [4.69, 9.17) is 17.4 Å². The molecule has 3 N–H and O–H groups in total. The van der Waals surface area contributed by atoms with Gasteiger partial charge in [0.15, 0.2) is 0 Å². The van der Waals surface area contributed by atoms with Crippen molar-refractivity contribution in [2.45, 2.75) is 44.4 Å². The molecule has 210 valence electrons. The Bertz CT molecular complexity index is 1630. The predicted molar refractivity (Wildman–Crippen MR) is 179 cm³/mol. The highest BCUT2D eigenvalue weighted by atomic mass is 35.5. The van der Waals surface area contributed by atoms with E-state index in [2.05, 4.69) is 103 Å². The van der Waals surface area contributed by atoms with Gasteiger partial charge in [-0.1, -0.05) is 126 Å². The van der Waals surface area contributed by atoms with E-state index in [1.165, 1.54) is 57.4 Å². The molecule has 42 heavy (non-hydrogen) atoms. The van der Waals surface area contributed by atoms with Crippen LogP contribution >= 0.6 is 11.6 Å². The fourth-order valence-electron chi connectivity index (χ4n) is 6.32. The number of benzene rings is 4. The summed E-state index contributed by atoms with van der Waals surface area (Å²) in [6.07, 6.45) is 13.7. The van der Waals surface area contributed by atoms with Gasteiger partial charge >= 0.3 is 0 Å². The lowest BCUT2D eigenvalue weighted by molar-refractivity contribution is 0.753. The van der Waals surface area contributed by atoms with Gasteiger partial charge in [-0.05, 0) is 101 Å². The first-order valence-corrected chi connectivity index (χ1v) is 15.3. The van der Waals surface area contributed by atoms with Gasteiger partial charge in [0.1, 0.15) is 0 Å². The van der Waals surface area contributed by atoms with Crippen LogP contribution in [0, 0.1) is 0 Å². The molecule has 0 radical (unpaired) electrons. The summed E-state index contributed by atoms with van der Waals surface area (Å²) in [5.41, 5.74) is 15.9. The summed E-state index contributed by atoms with van der Waals surface area (Å²) < 4.78 is 0. The fraction of sp³-hybridized carbons (Fsp3) is 0.179. The fourth-order valence-corrected chi connectivity index (χ4v) is 6.45. The first kappa shape index (κ1) is 28.0. The Kier molecular flexibility index (Phi) is 8.84. The number of hydrogen-bond acceptors (Lipinski definition) is 2. The standard InChI is InChI=1S/C39H37ClN2/c40-35-25-23-32(24-26-35)37-14-8-7-13-36(37)31-19-15-28(16-20-31)29-17-21-33(22-18-29)38(30-9-3-1-4-10-30)27-39(42-41)34-11-5-2-6-12-34/h1-6,9-12,15-17,19-21,23-27,38,42H,7-8,13-14,18,22,41H2/b39-27-. The molecule has 0 aliphatic heterocycles. The van der Waals surface area contributed by atoms with E-state index >= 15 is 0 Å². The number of nitrogens with one attached hydrogen (secondary N) is 1. The van der Waals surface area contributed by atoms with Gasteiger partial charge in [-0.25, -0.2) is 0 Å². The SMILES string of the molecule is NN/C(=C\C(C1=CC=C(c2ccc(C3=C(c4ccc(Cl)cc4)CCCC3)cc2)CC1)c1ccccc1)c1ccccc1. The number of nitrogens with two attached hydrogens (primary N) is 1. The normalized spacial score (nSPS) is 16.5. The molecule has 0 amide bonds. The zero-order valence-electron chi connectivity index (χ0n) is 23.9. The molecule has 4 aromatic carbocycles. The molecule has 0 fully saturated rings. The van der Waals surface area contributed by atoms with Crippen LogP contribution in [-0.4, -0.2) is 0 Å². The van der Waals surface area contributed by atoms with Crippen LogP contribution in [0.1, 0.15) is 72.3 Å². The van der Waals surface area contributed by atoms with Gasteiger partial charge < -0.3 is 5.43 Å². The minimum atomic E-state index is 0.141. The third kappa shape index (κ3) is 6.36. The number of allylic oxidation sites excluding steroid dienone is 7. The second-order valence-corrected chi connectivity index (χ2v) is 11.6. The Hall–Kier alpha value is -4.11. The third-order valence-electron chi connectivity index (χ3n) is 8.58. The maximum Gasteiger partial charge on any atom is 0.0526 e. The summed E-state index contributed by atoms with van der Waals surface area (Å²) >= 11 is 6.17. The van der Waals surface area contributed by atoms with Gasteiger partial charge in [0.2, 0.25) is 0 Å². The van der Waals surface area contributed by atoms with Gasteiger partial charge in [0, 0.05) is 10.9 Å². The third-order valence-corrected chi connectivity index (χ3v) is 8.83. The van der Waals surface area contributed by atoms with Crippen LogP contribution < -0.4 is 11.3 Å². The molecule has 0 saturated heterocycles. The van der Waals surface area contributed by atoms with Gasteiger partial charge in [0.25, 0.3) is 0 Å². The quantitative estimate of drug-likeness (QED) is 0.164. The lowest BCUT2D eigenvalue weighted by Crippen LogP contribution is -2.21. The van der Waals surface area contributed by atoms with E-state index in [1.807, 2.05) is 30.3 Å². The van der Waals surface area contributed by atoms with Crippen molar-refractivity contribution in [3.8, 4) is 0 Å². The Labute approximate surface area is 254 Å². The molecule has 0 spiro atoms. The molecule has 4 aromatic rings. The molecule has 2 nitrogen and oxygen atoms in total. The van der Waals surface area contributed by atoms with Crippen LogP contribution in [0.4, 0.5) is 0 Å². The highest BCUT2D eigenvalue weighted by Gasteiger charge is 2.20. The summed E-state index contributed by atoms with van der Waals surface area (Å²) in [5, 5.41) is 0.790. The predicted octanol–water partition coefficient (Wildman–Crippen LogP) is 10.2. The molecular formula is C39H37ClN2. The van der Waals surface area contributed by atoms with Crippen LogP contribution in [0.15, 0.2) is 133 Å². The van der Waals surface area contributed by atoms with Gasteiger partial charge in [-0.15, -0.1) is 0 Å². The van der Waals surface area contributed by atoms with Crippen LogP contribution in [0.25, 0.3) is 22.4 Å².